The number of aldehydes is 2. The summed E-state index contributed by atoms with van der Waals surface area (Å²) in [5.41, 5.74) is 2.30. The van der Waals surface area contributed by atoms with Crippen molar-refractivity contribution in [2.75, 3.05) is 14.2 Å². The van der Waals surface area contributed by atoms with Gasteiger partial charge < -0.3 is 9.47 Å². The molecule has 1 aliphatic rings. The lowest BCUT2D eigenvalue weighted by atomic mass is 9.97. The molecule has 0 unspecified atom stereocenters. The van der Waals surface area contributed by atoms with E-state index >= 15 is 0 Å². The summed E-state index contributed by atoms with van der Waals surface area (Å²) in [6.45, 7) is 0. The van der Waals surface area contributed by atoms with E-state index < -0.39 is 11.9 Å². The minimum Gasteiger partial charge on any atom is -0.388 e. The van der Waals surface area contributed by atoms with Gasteiger partial charge in [0, 0.05) is 25.3 Å². The van der Waals surface area contributed by atoms with Crippen molar-refractivity contribution in [3.8, 4) is 11.1 Å². The number of fused-ring (bicyclic) bond motifs is 1. The van der Waals surface area contributed by atoms with E-state index in [-0.39, 0.29) is 16.7 Å². The van der Waals surface area contributed by atoms with E-state index in [1.54, 1.807) is 32.4 Å². The van der Waals surface area contributed by atoms with Gasteiger partial charge in [0.15, 0.2) is 12.6 Å². The topological polar surface area (TPSA) is 86.7 Å². The molecule has 1 heterocycles. The SMILES string of the molecule is COC.O=Cc1ccc(-c2ccc3c(c2)C(=O)OC3=O)cc1C=O. The van der Waals surface area contributed by atoms with E-state index in [1.807, 2.05) is 0 Å². The quantitative estimate of drug-likeness (QED) is 0.489. The van der Waals surface area contributed by atoms with Gasteiger partial charge in [-0.2, -0.15) is 0 Å². The molecule has 0 aromatic heterocycles. The third-order valence-electron chi connectivity index (χ3n) is 3.32. The van der Waals surface area contributed by atoms with Gasteiger partial charge in [-0.25, -0.2) is 9.59 Å². The van der Waals surface area contributed by atoms with Gasteiger partial charge >= 0.3 is 11.9 Å². The molecule has 0 N–H and O–H groups in total. The Morgan fingerprint density at radius 1 is 0.792 bits per heavy atom. The number of esters is 2. The highest BCUT2D eigenvalue weighted by Crippen LogP contribution is 2.28. The van der Waals surface area contributed by atoms with Crippen LogP contribution in [0.2, 0.25) is 0 Å². The normalized spacial score (nSPS) is 11.9. The lowest BCUT2D eigenvalue weighted by Crippen LogP contribution is -1.96. The van der Waals surface area contributed by atoms with Gasteiger partial charge in [0.25, 0.3) is 0 Å². The largest absolute Gasteiger partial charge is 0.388 e. The van der Waals surface area contributed by atoms with Crippen LogP contribution in [-0.2, 0) is 9.47 Å². The number of carbonyl (C=O) groups is 4. The smallest absolute Gasteiger partial charge is 0.346 e. The Morgan fingerprint density at radius 2 is 1.33 bits per heavy atom. The zero-order chi connectivity index (χ0) is 17.7. The minimum atomic E-state index is -0.683. The van der Waals surface area contributed by atoms with Crippen molar-refractivity contribution in [3.05, 3.63) is 58.7 Å². The number of cyclic esters (lactones) is 2. The number of hydrogen-bond acceptors (Lipinski definition) is 6. The predicted molar refractivity (Wildman–Crippen MR) is 85.3 cm³/mol. The number of carbonyl (C=O) groups excluding carboxylic acids is 4. The molecular weight excluding hydrogens is 312 g/mol. The van der Waals surface area contributed by atoms with Crippen LogP contribution in [0.25, 0.3) is 11.1 Å². The molecule has 0 radical (unpaired) electrons. The molecule has 6 heteroatoms. The first-order valence-electron chi connectivity index (χ1n) is 6.91. The fourth-order valence-corrected chi connectivity index (χ4v) is 2.23. The van der Waals surface area contributed by atoms with Gasteiger partial charge in [-0.3, -0.25) is 9.59 Å². The van der Waals surface area contributed by atoms with Crippen molar-refractivity contribution in [2.45, 2.75) is 0 Å². The highest BCUT2D eigenvalue weighted by atomic mass is 16.6. The molecule has 2 aromatic rings. The molecule has 0 spiro atoms. The van der Waals surface area contributed by atoms with Gasteiger partial charge in [-0.05, 0) is 29.3 Å². The van der Waals surface area contributed by atoms with Crippen molar-refractivity contribution in [3.63, 3.8) is 0 Å². The maximum Gasteiger partial charge on any atom is 0.346 e. The Bertz CT molecular complexity index is 822. The first kappa shape index (κ1) is 17.2. The van der Waals surface area contributed by atoms with E-state index in [4.69, 9.17) is 0 Å². The van der Waals surface area contributed by atoms with Crippen molar-refractivity contribution in [1.29, 1.82) is 0 Å². The number of benzene rings is 2. The lowest BCUT2D eigenvalue weighted by molar-refractivity contribution is 0.0443. The number of ether oxygens (including phenoxy) is 2. The summed E-state index contributed by atoms with van der Waals surface area (Å²) in [6.07, 6.45) is 1.20. The van der Waals surface area contributed by atoms with Crippen LogP contribution in [0.5, 0.6) is 0 Å². The molecule has 0 bridgehead atoms. The molecular formula is C18H14O6. The zero-order valence-electron chi connectivity index (χ0n) is 13.1. The fraction of sp³-hybridized carbons (Fsp3) is 0.111. The van der Waals surface area contributed by atoms with Gasteiger partial charge in [0.2, 0.25) is 0 Å². The van der Waals surface area contributed by atoms with E-state index in [1.165, 1.54) is 18.2 Å². The first-order valence-corrected chi connectivity index (χ1v) is 6.91. The van der Waals surface area contributed by atoms with Crippen molar-refractivity contribution in [1.82, 2.24) is 0 Å². The Morgan fingerprint density at radius 3 is 1.96 bits per heavy atom. The number of methoxy groups -OCH3 is 1. The first-order chi connectivity index (χ1) is 11.5. The van der Waals surface area contributed by atoms with Crippen LogP contribution < -0.4 is 0 Å². The minimum absolute atomic E-state index is 0.199. The highest BCUT2D eigenvalue weighted by molar-refractivity contribution is 6.15. The van der Waals surface area contributed by atoms with Gasteiger partial charge in [-0.1, -0.05) is 18.2 Å². The van der Waals surface area contributed by atoms with Gasteiger partial charge in [-0.15, -0.1) is 0 Å². The molecule has 0 aliphatic carbocycles. The molecule has 2 aromatic carbocycles. The van der Waals surface area contributed by atoms with E-state index in [0.29, 0.717) is 29.3 Å². The predicted octanol–water partition coefficient (Wildman–Crippen LogP) is 2.55. The average molecular weight is 326 g/mol. The molecule has 0 saturated carbocycles. The summed E-state index contributed by atoms with van der Waals surface area (Å²) in [4.78, 5) is 44.7. The molecule has 122 valence electrons. The molecule has 6 nitrogen and oxygen atoms in total. The Kier molecular flexibility index (Phi) is 5.34. The molecule has 0 saturated heterocycles. The average Bonchev–Trinajstić information content (AvgIpc) is 2.88. The number of hydrogen-bond donors (Lipinski definition) is 0. The van der Waals surface area contributed by atoms with Gasteiger partial charge in [0.1, 0.15) is 0 Å². The second-order valence-corrected chi connectivity index (χ2v) is 4.92. The summed E-state index contributed by atoms with van der Waals surface area (Å²) in [7, 11) is 3.25. The van der Waals surface area contributed by atoms with E-state index in [9.17, 15) is 19.2 Å². The number of rotatable bonds is 3. The monoisotopic (exact) mass is 326 g/mol. The van der Waals surface area contributed by atoms with Crippen LogP contribution in [0, 0.1) is 0 Å². The summed E-state index contributed by atoms with van der Waals surface area (Å²) in [6, 6.07) is 9.45. The summed E-state index contributed by atoms with van der Waals surface area (Å²) >= 11 is 0. The Balaban J connectivity index is 0.000000647. The molecule has 0 fully saturated rings. The second-order valence-electron chi connectivity index (χ2n) is 4.92. The Hall–Kier alpha value is -3.12. The van der Waals surface area contributed by atoms with E-state index in [2.05, 4.69) is 9.47 Å². The molecule has 0 atom stereocenters. The van der Waals surface area contributed by atoms with Crippen LogP contribution >= 0.6 is 0 Å². The molecule has 0 amide bonds. The lowest BCUT2D eigenvalue weighted by Gasteiger charge is -2.05. The second kappa shape index (κ2) is 7.43. The van der Waals surface area contributed by atoms with Crippen molar-refractivity contribution in [2.24, 2.45) is 0 Å². The van der Waals surface area contributed by atoms with Crippen LogP contribution in [0.4, 0.5) is 0 Å². The highest BCUT2D eigenvalue weighted by Gasteiger charge is 2.29. The third kappa shape index (κ3) is 3.28. The zero-order valence-corrected chi connectivity index (χ0v) is 13.1. The summed E-state index contributed by atoms with van der Waals surface area (Å²) in [5, 5.41) is 0. The Labute approximate surface area is 138 Å². The van der Waals surface area contributed by atoms with E-state index in [0.717, 1.165) is 0 Å². The van der Waals surface area contributed by atoms with Gasteiger partial charge in [0.05, 0.1) is 11.1 Å². The van der Waals surface area contributed by atoms with Crippen LogP contribution in [0.3, 0.4) is 0 Å². The fourth-order valence-electron chi connectivity index (χ4n) is 2.23. The van der Waals surface area contributed by atoms with Crippen LogP contribution in [0.1, 0.15) is 41.4 Å². The van der Waals surface area contributed by atoms with Crippen LogP contribution in [0.15, 0.2) is 36.4 Å². The summed E-state index contributed by atoms with van der Waals surface area (Å²) < 4.78 is 8.77. The molecule has 3 rings (SSSR count). The standard InChI is InChI=1S/C16H8O5.C2H6O/c17-7-11-2-1-9(5-12(11)8-18)10-3-4-13-14(6-10)16(20)21-15(13)19;1-3-2/h1-8H;1-2H3. The molecule has 24 heavy (non-hydrogen) atoms. The maximum atomic E-state index is 11.5. The van der Waals surface area contributed by atoms with Crippen molar-refractivity contribution < 1.29 is 28.7 Å². The molecule has 1 aliphatic heterocycles. The third-order valence-corrected chi connectivity index (χ3v) is 3.32. The van der Waals surface area contributed by atoms with Crippen LogP contribution in [-0.4, -0.2) is 38.7 Å². The maximum absolute atomic E-state index is 11.5. The van der Waals surface area contributed by atoms with Crippen molar-refractivity contribution >= 4 is 24.5 Å². The summed E-state index contributed by atoms with van der Waals surface area (Å²) in [5.74, 6) is -1.34.